The summed E-state index contributed by atoms with van der Waals surface area (Å²) < 4.78 is 5.10. The molecule has 0 saturated carbocycles. The Labute approximate surface area is 97.0 Å². The van der Waals surface area contributed by atoms with Crippen LogP contribution in [0, 0.1) is 12.3 Å². The van der Waals surface area contributed by atoms with Crippen molar-refractivity contribution in [1.82, 2.24) is 5.32 Å². The van der Waals surface area contributed by atoms with E-state index in [0.29, 0.717) is 6.54 Å². The summed E-state index contributed by atoms with van der Waals surface area (Å²) in [7, 11) is 1.65. The van der Waals surface area contributed by atoms with Gasteiger partial charge in [-0.05, 0) is 24.6 Å². The van der Waals surface area contributed by atoms with Crippen molar-refractivity contribution in [3.05, 3.63) is 29.8 Å². The number of terminal acetylenes is 1. The maximum absolute atomic E-state index is 5.72. The Bertz CT molecular complexity index is 353. The lowest BCUT2D eigenvalue weighted by Gasteiger charge is -2.19. The summed E-state index contributed by atoms with van der Waals surface area (Å²) in [6.07, 6.45) is 5.33. The monoisotopic (exact) mass is 218 g/mol. The highest BCUT2D eigenvalue weighted by molar-refractivity contribution is 5.29. The molecular formula is C13H18N2O. The number of nitrogens with one attached hydrogen (secondary N) is 1. The van der Waals surface area contributed by atoms with Crippen LogP contribution < -0.4 is 15.8 Å². The minimum Gasteiger partial charge on any atom is -0.497 e. The summed E-state index contributed by atoms with van der Waals surface area (Å²) in [5.74, 6) is 3.47. The van der Waals surface area contributed by atoms with Gasteiger partial charge < -0.3 is 10.5 Å². The predicted octanol–water partition coefficient (Wildman–Crippen LogP) is 1.31. The van der Waals surface area contributed by atoms with E-state index in [9.17, 15) is 0 Å². The lowest BCUT2D eigenvalue weighted by atomic mass is 10.1. The van der Waals surface area contributed by atoms with Crippen LogP contribution >= 0.6 is 0 Å². The van der Waals surface area contributed by atoms with Crippen molar-refractivity contribution in [3.63, 3.8) is 0 Å². The molecule has 2 atom stereocenters. The second-order valence-corrected chi connectivity index (χ2v) is 3.62. The van der Waals surface area contributed by atoms with Crippen LogP contribution in [0.15, 0.2) is 24.3 Å². The minimum atomic E-state index is 0.00986. The number of ether oxygens (including phenoxy) is 1. The standard InChI is InChI=1S/C13H18N2O/c1-4-10(2)15-13(9-14)11-5-7-12(16-3)8-6-11/h1,5-8,10,13,15H,9,14H2,2-3H3. The Hall–Kier alpha value is -1.50. The van der Waals surface area contributed by atoms with Gasteiger partial charge in [0.2, 0.25) is 0 Å². The Morgan fingerprint density at radius 2 is 2.06 bits per heavy atom. The lowest BCUT2D eigenvalue weighted by molar-refractivity contribution is 0.414. The van der Waals surface area contributed by atoms with E-state index in [1.54, 1.807) is 7.11 Å². The van der Waals surface area contributed by atoms with Crippen molar-refractivity contribution in [3.8, 4) is 18.1 Å². The summed E-state index contributed by atoms with van der Waals surface area (Å²) in [5.41, 5.74) is 6.83. The van der Waals surface area contributed by atoms with Gasteiger partial charge in [0.05, 0.1) is 13.2 Å². The van der Waals surface area contributed by atoms with E-state index in [-0.39, 0.29) is 12.1 Å². The smallest absolute Gasteiger partial charge is 0.118 e. The molecule has 0 heterocycles. The van der Waals surface area contributed by atoms with Gasteiger partial charge in [-0.15, -0.1) is 6.42 Å². The van der Waals surface area contributed by atoms with Crippen LogP contribution in [0.5, 0.6) is 5.75 Å². The highest BCUT2D eigenvalue weighted by atomic mass is 16.5. The molecule has 1 aromatic carbocycles. The number of methoxy groups -OCH3 is 1. The van der Waals surface area contributed by atoms with E-state index in [1.165, 1.54) is 0 Å². The zero-order valence-corrected chi connectivity index (χ0v) is 9.73. The molecule has 16 heavy (non-hydrogen) atoms. The first-order valence-electron chi connectivity index (χ1n) is 5.27. The van der Waals surface area contributed by atoms with E-state index >= 15 is 0 Å². The molecule has 0 saturated heterocycles. The van der Waals surface area contributed by atoms with Crippen molar-refractivity contribution in [2.45, 2.75) is 19.0 Å². The SMILES string of the molecule is C#CC(C)NC(CN)c1ccc(OC)cc1. The van der Waals surface area contributed by atoms with Crippen molar-refractivity contribution in [2.24, 2.45) is 5.73 Å². The molecule has 0 spiro atoms. The van der Waals surface area contributed by atoms with Crippen molar-refractivity contribution >= 4 is 0 Å². The molecule has 3 nitrogen and oxygen atoms in total. The van der Waals surface area contributed by atoms with Crippen LogP contribution in [0.4, 0.5) is 0 Å². The Kier molecular flexibility index (Phi) is 4.84. The van der Waals surface area contributed by atoms with E-state index < -0.39 is 0 Å². The fourth-order valence-electron chi connectivity index (χ4n) is 1.49. The van der Waals surface area contributed by atoms with E-state index in [2.05, 4.69) is 11.2 Å². The van der Waals surface area contributed by atoms with Crippen LogP contribution in [-0.4, -0.2) is 19.7 Å². The fraction of sp³-hybridized carbons (Fsp3) is 0.385. The number of rotatable bonds is 5. The summed E-state index contributed by atoms with van der Waals surface area (Å²) in [6, 6.07) is 7.91. The molecule has 0 aliphatic heterocycles. The molecule has 86 valence electrons. The normalized spacial score (nSPS) is 13.9. The zero-order valence-electron chi connectivity index (χ0n) is 9.73. The van der Waals surface area contributed by atoms with E-state index in [1.807, 2.05) is 31.2 Å². The molecule has 0 bridgehead atoms. The summed E-state index contributed by atoms with van der Waals surface area (Å²) in [5, 5.41) is 3.27. The predicted molar refractivity (Wildman–Crippen MR) is 66.2 cm³/mol. The number of hydrogen-bond donors (Lipinski definition) is 2. The van der Waals surface area contributed by atoms with Crippen LogP contribution in [0.2, 0.25) is 0 Å². The average Bonchev–Trinajstić information content (AvgIpc) is 2.35. The number of benzene rings is 1. The van der Waals surface area contributed by atoms with Crippen molar-refractivity contribution < 1.29 is 4.74 Å². The molecule has 0 aliphatic rings. The molecule has 1 rings (SSSR count). The van der Waals surface area contributed by atoms with Gasteiger partial charge in [-0.1, -0.05) is 18.1 Å². The van der Waals surface area contributed by atoms with Gasteiger partial charge in [0.15, 0.2) is 0 Å². The molecule has 1 aromatic rings. The second-order valence-electron chi connectivity index (χ2n) is 3.62. The first-order valence-corrected chi connectivity index (χ1v) is 5.27. The van der Waals surface area contributed by atoms with Gasteiger partial charge >= 0.3 is 0 Å². The lowest BCUT2D eigenvalue weighted by Crippen LogP contribution is -2.34. The third-order valence-electron chi connectivity index (χ3n) is 2.46. The second kappa shape index (κ2) is 6.16. The highest BCUT2D eigenvalue weighted by Gasteiger charge is 2.11. The Morgan fingerprint density at radius 1 is 1.44 bits per heavy atom. The van der Waals surface area contributed by atoms with Gasteiger partial charge in [-0.2, -0.15) is 0 Å². The molecule has 0 amide bonds. The highest BCUT2D eigenvalue weighted by Crippen LogP contribution is 2.17. The average molecular weight is 218 g/mol. The largest absolute Gasteiger partial charge is 0.497 e. The minimum absolute atomic E-state index is 0.00986. The van der Waals surface area contributed by atoms with Crippen LogP contribution in [0.1, 0.15) is 18.5 Å². The molecule has 0 aliphatic carbocycles. The Morgan fingerprint density at radius 3 is 2.50 bits per heavy atom. The third-order valence-corrected chi connectivity index (χ3v) is 2.46. The van der Waals surface area contributed by atoms with E-state index in [0.717, 1.165) is 11.3 Å². The van der Waals surface area contributed by atoms with Crippen molar-refractivity contribution in [1.29, 1.82) is 0 Å². The van der Waals surface area contributed by atoms with E-state index in [4.69, 9.17) is 16.9 Å². The first-order chi connectivity index (χ1) is 7.71. The molecule has 0 fully saturated rings. The summed E-state index contributed by atoms with van der Waals surface area (Å²) in [4.78, 5) is 0. The molecule has 3 N–H and O–H groups in total. The van der Waals surface area contributed by atoms with Crippen molar-refractivity contribution in [2.75, 3.05) is 13.7 Å². The Balaban J connectivity index is 2.75. The maximum atomic E-state index is 5.72. The van der Waals surface area contributed by atoms with Crippen LogP contribution in [0.3, 0.4) is 0 Å². The van der Waals surface area contributed by atoms with Gasteiger partial charge in [0, 0.05) is 12.6 Å². The number of hydrogen-bond acceptors (Lipinski definition) is 3. The molecule has 0 radical (unpaired) electrons. The van der Waals surface area contributed by atoms with Crippen LogP contribution in [-0.2, 0) is 0 Å². The third kappa shape index (κ3) is 3.27. The summed E-state index contributed by atoms with van der Waals surface area (Å²) >= 11 is 0. The molecule has 0 aromatic heterocycles. The van der Waals surface area contributed by atoms with Gasteiger partial charge in [0.1, 0.15) is 5.75 Å². The quantitative estimate of drug-likeness (QED) is 0.732. The first kappa shape index (κ1) is 12.6. The topological polar surface area (TPSA) is 47.3 Å². The molecule has 2 unspecified atom stereocenters. The molecule has 3 heteroatoms. The van der Waals surface area contributed by atoms with Gasteiger partial charge in [-0.3, -0.25) is 5.32 Å². The molecular weight excluding hydrogens is 200 g/mol. The van der Waals surface area contributed by atoms with Gasteiger partial charge in [0.25, 0.3) is 0 Å². The number of nitrogens with two attached hydrogens (primary N) is 1. The zero-order chi connectivity index (χ0) is 12.0. The van der Waals surface area contributed by atoms with Crippen LogP contribution in [0.25, 0.3) is 0 Å². The summed E-state index contributed by atoms with van der Waals surface area (Å²) in [6.45, 7) is 2.45. The maximum Gasteiger partial charge on any atom is 0.118 e. The fourth-order valence-corrected chi connectivity index (χ4v) is 1.49. The van der Waals surface area contributed by atoms with Gasteiger partial charge in [-0.25, -0.2) is 0 Å².